The first-order valence-electron chi connectivity index (χ1n) is 8.17. The standard InChI is InChI=1S/C18H19ClN2O4S/c1-25-17-9-8-15(12-16(17)19)26(23,24)20-13-5-4-6-14(11-13)21-10-3-2-7-18(21)22/h4-6,8-9,11-12,20H,2-3,7,10H2,1H3. The van der Waals surface area contributed by atoms with Gasteiger partial charge in [0.1, 0.15) is 5.75 Å². The fraction of sp³-hybridized carbons (Fsp3) is 0.278. The fourth-order valence-electron chi connectivity index (χ4n) is 2.84. The molecule has 0 spiro atoms. The van der Waals surface area contributed by atoms with Crippen LogP contribution in [0.25, 0.3) is 0 Å². The summed E-state index contributed by atoms with van der Waals surface area (Å²) in [6.45, 7) is 0.642. The highest BCUT2D eigenvalue weighted by molar-refractivity contribution is 7.92. The SMILES string of the molecule is COc1ccc(S(=O)(=O)Nc2cccc(N3CCCCC3=O)c2)cc1Cl. The van der Waals surface area contributed by atoms with Crippen LogP contribution in [0.3, 0.4) is 0 Å². The van der Waals surface area contributed by atoms with E-state index in [1.54, 1.807) is 29.2 Å². The summed E-state index contributed by atoms with van der Waals surface area (Å²) in [4.78, 5) is 13.8. The molecule has 6 nitrogen and oxygen atoms in total. The molecule has 0 atom stereocenters. The van der Waals surface area contributed by atoms with Gasteiger partial charge in [0.25, 0.3) is 10.0 Å². The van der Waals surface area contributed by atoms with Gasteiger partial charge < -0.3 is 9.64 Å². The van der Waals surface area contributed by atoms with Gasteiger partial charge in [0, 0.05) is 18.7 Å². The van der Waals surface area contributed by atoms with Gasteiger partial charge in [0.05, 0.1) is 22.7 Å². The highest BCUT2D eigenvalue weighted by Gasteiger charge is 2.21. The van der Waals surface area contributed by atoms with E-state index in [-0.39, 0.29) is 15.8 Å². The van der Waals surface area contributed by atoms with Crippen molar-refractivity contribution in [2.45, 2.75) is 24.2 Å². The number of nitrogens with one attached hydrogen (secondary N) is 1. The number of hydrogen-bond donors (Lipinski definition) is 1. The normalized spacial score (nSPS) is 15.0. The van der Waals surface area contributed by atoms with Crippen LogP contribution in [0.2, 0.25) is 5.02 Å². The molecule has 1 saturated heterocycles. The van der Waals surface area contributed by atoms with E-state index in [0.717, 1.165) is 12.8 Å². The summed E-state index contributed by atoms with van der Waals surface area (Å²) in [5.41, 5.74) is 1.07. The number of sulfonamides is 1. The van der Waals surface area contributed by atoms with Crippen molar-refractivity contribution in [1.29, 1.82) is 0 Å². The smallest absolute Gasteiger partial charge is 0.261 e. The lowest BCUT2D eigenvalue weighted by molar-refractivity contribution is -0.119. The van der Waals surface area contributed by atoms with Gasteiger partial charge in [-0.15, -0.1) is 0 Å². The van der Waals surface area contributed by atoms with E-state index in [2.05, 4.69) is 4.72 Å². The molecule has 26 heavy (non-hydrogen) atoms. The molecule has 2 aromatic carbocycles. The Kier molecular flexibility index (Phi) is 5.38. The first kappa shape index (κ1) is 18.5. The Balaban J connectivity index is 1.85. The van der Waals surface area contributed by atoms with Crippen molar-refractivity contribution in [3.05, 3.63) is 47.5 Å². The molecule has 8 heteroatoms. The predicted octanol–water partition coefficient (Wildman–Crippen LogP) is 3.67. The molecule has 0 aliphatic carbocycles. The van der Waals surface area contributed by atoms with E-state index in [4.69, 9.17) is 16.3 Å². The molecule has 0 radical (unpaired) electrons. The van der Waals surface area contributed by atoms with Crippen molar-refractivity contribution < 1.29 is 17.9 Å². The van der Waals surface area contributed by atoms with E-state index < -0.39 is 10.0 Å². The Hall–Kier alpha value is -2.25. The minimum Gasteiger partial charge on any atom is -0.495 e. The van der Waals surface area contributed by atoms with Crippen LogP contribution in [0.4, 0.5) is 11.4 Å². The number of hydrogen-bond acceptors (Lipinski definition) is 4. The lowest BCUT2D eigenvalue weighted by Gasteiger charge is -2.27. The van der Waals surface area contributed by atoms with Gasteiger partial charge in [-0.1, -0.05) is 17.7 Å². The number of benzene rings is 2. The van der Waals surface area contributed by atoms with Crippen LogP contribution in [0, 0.1) is 0 Å². The van der Waals surface area contributed by atoms with Gasteiger partial charge >= 0.3 is 0 Å². The number of carbonyl (C=O) groups is 1. The lowest BCUT2D eigenvalue weighted by Crippen LogP contribution is -2.35. The molecule has 1 aliphatic rings. The highest BCUT2D eigenvalue weighted by Crippen LogP contribution is 2.29. The molecule has 1 heterocycles. The summed E-state index contributed by atoms with van der Waals surface area (Å²) in [5, 5.41) is 0.211. The molecule has 0 bridgehead atoms. The fourth-order valence-corrected chi connectivity index (χ4v) is 4.24. The quantitative estimate of drug-likeness (QED) is 0.839. The number of amides is 1. The van der Waals surface area contributed by atoms with Gasteiger partial charge in [-0.3, -0.25) is 9.52 Å². The monoisotopic (exact) mass is 394 g/mol. The van der Waals surface area contributed by atoms with Crippen LogP contribution in [0.1, 0.15) is 19.3 Å². The average Bonchev–Trinajstić information content (AvgIpc) is 2.62. The molecule has 138 valence electrons. The zero-order valence-corrected chi connectivity index (χ0v) is 15.8. The summed E-state index contributed by atoms with van der Waals surface area (Å²) in [6.07, 6.45) is 2.34. The van der Waals surface area contributed by atoms with Crippen LogP contribution in [0.5, 0.6) is 5.75 Å². The number of anilines is 2. The summed E-state index contributed by atoms with van der Waals surface area (Å²) in [5.74, 6) is 0.453. The topological polar surface area (TPSA) is 75.7 Å². The maximum absolute atomic E-state index is 12.6. The van der Waals surface area contributed by atoms with Crippen LogP contribution in [0.15, 0.2) is 47.4 Å². The van der Waals surface area contributed by atoms with Crippen molar-refractivity contribution in [1.82, 2.24) is 0 Å². The van der Waals surface area contributed by atoms with E-state index in [1.807, 2.05) is 0 Å². The second kappa shape index (κ2) is 7.55. The Labute approximate surface area is 157 Å². The summed E-state index contributed by atoms with van der Waals surface area (Å²) in [7, 11) is -2.36. The second-order valence-corrected chi connectivity index (χ2v) is 8.04. The Bertz CT molecular complexity index is 931. The molecule has 0 unspecified atom stereocenters. The van der Waals surface area contributed by atoms with Gasteiger partial charge in [-0.2, -0.15) is 0 Å². The molecule has 2 aromatic rings. The van der Waals surface area contributed by atoms with Crippen molar-refractivity contribution >= 4 is 38.9 Å². The molecule has 1 N–H and O–H groups in total. The molecule has 3 rings (SSSR count). The number of rotatable bonds is 5. The zero-order valence-electron chi connectivity index (χ0n) is 14.2. The first-order valence-corrected chi connectivity index (χ1v) is 10.0. The first-order chi connectivity index (χ1) is 12.4. The minimum atomic E-state index is -3.82. The van der Waals surface area contributed by atoms with Crippen LogP contribution < -0.4 is 14.4 Å². The molecule has 1 aliphatic heterocycles. The Morgan fingerprint density at radius 3 is 2.65 bits per heavy atom. The van der Waals surface area contributed by atoms with Gasteiger partial charge in [0.15, 0.2) is 0 Å². The third kappa shape index (κ3) is 3.94. The summed E-state index contributed by atoms with van der Waals surface area (Å²) >= 11 is 6.02. The number of ether oxygens (including phenoxy) is 1. The number of piperidine rings is 1. The molecular weight excluding hydrogens is 376 g/mol. The highest BCUT2D eigenvalue weighted by atomic mass is 35.5. The third-order valence-corrected chi connectivity index (χ3v) is 5.84. The molecular formula is C18H19ClN2O4S. The Morgan fingerprint density at radius 2 is 1.96 bits per heavy atom. The maximum Gasteiger partial charge on any atom is 0.261 e. The van der Waals surface area contributed by atoms with Gasteiger partial charge in [-0.25, -0.2) is 8.42 Å². The van der Waals surface area contributed by atoms with Crippen LogP contribution in [-0.4, -0.2) is 28.0 Å². The van der Waals surface area contributed by atoms with E-state index in [1.165, 1.54) is 25.3 Å². The Morgan fingerprint density at radius 1 is 1.15 bits per heavy atom. The van der Waals surface area contributed by atoms with E-state index in [0.29, 0.717) is 30.1 Å². The van der Waals surface area contributed by atoms with Crippen molar-refractivity contribution in [3.63, 3.8) is 0 Å². The van der Waals surface area contributed by atoms with Crippen molar-refractivity contribution in [3.8, 4) is 5.75 Å². The maximum atomic E-state index is 12.6. The minimum absolute atomic E-state index is 0.0303. The van der Waals surface area contributed by atoms with Gasteiger partial charge in [0.2, 0.25) is 5.91 Å². The second-order valence-electron chi connectivity index (χ2n) is 5.95. The summed E-state index contributed by atoms with van der Waals surface area (Å²) < 4.78 is 32.8. The van der Waals surface area contributed by atoms with Crippen molar-refractivity contribution in [2.75, 3.05) is 23.3 Å². The number of halogens is 1. The van der Waals surface area contributed by atoms with Crippen LogP contribution >= 0.6 is 11.6 Å². The van der Waals surface area contributed by atoms with E-state index >= 15 is 0 Å². The molecule has 1 amide bonds. The van der Waals surface area contributed by atoms with Gasteiger partial charge in [-0.05, 0) is 49.2 Å². The largest absolute Gasteiger partial charge is 0.495 e. The lowest BCUT2D eigenvalue weighted by atomic mass is 10.1. The third-order valence-electron chi connectivity index (χ3n) is 4.17. The average molecular weight is 395 g/mol. The van der Waals surface area contributed by atoms with Crippen LogP contribution in [-0.2, 0) is 14.8 Å². The number of methoxy groups -OCH3 is 1. The molecule has 0 aromatic heterocycles. The summed E-state index contributed by atoms with van der Waals surface area (Å²) in [6, 6.07) is 11.1. The molecule has 0 saturated carbocycles. The van der Waals surface area contributed by atoms with Crippen molar-refractivity contribution in [2.24, 2.45) is 0 Å². The van der Waals surface area contributed by atoms with E-state index in [9.17, 15) is 13.2 Å². The number of carbonyl (C=O) groups excluding carboxylic acids is 1. The predicted molar refractivity (Wildman–Crippen MR) is 101 cm³/mol. The molecule has 1 fully saturated rings. The number of nitrogens with zero attached hydrogens (tertiary/aromatic N) is 1. The zero-order chi connectivity index (χ0) is 18.7.